The van der Waals surface area contributed by atoms with Crippen LogP contribution in [-0.4, -0.2) is 28.0 Å². The van der Waals surface area contributed by atoms with E-state index < -0.39 is 12.2 Å². The molecule has 0 aliphatic heterocycles. The maximum atomic E-state index is 9.80. The molecule has 1 aromatic rings. The fraction of sp³-hybridized carbons (Fsp3) is 0.400. The monoisotopic (exact) mass is 265 g/mol. The quantitative estimate of drug-likeness (QED) is 0.619. The van der Waals surface area contributed by atoms with Crippen LogP contribution in [0, 0.1) is 0 Å². The summed E-state index contributed by atoms with van der Waals surface area (Å²) < 4.78 is 0. The fourth-order valence-corrected chi connectivity index (χ4v) is 2.10. The Bertz CT molecular complexity index is 350. The van der Waals surface area contributed by atoms with Gasteiger partial charge in [-0.3, -0.25) is 0 Å². The molecule has 0 aliphatic rings. The summed E-state index contributed by atoms with van der Waals surface area (Å²) >= 11 is 11.8. The lowest BCUT2D eigenvalue weighted by Crippen LogP contribution is -2.20. The van der Waals surface area contributed by atoms with Gasteiger partial charge >= 0.3 is 0 Å². The predicted octanol–water partition coefficient (Wildman–Crippen LogP) is 1.35. The van der Waals surface area contributed by atoms with Crippen molar-refractivity contribution in [3.63, 3.8) is 0 Å². The van der Waals surface area contributed by atoms with Crippen LogP contribution in [0.5, 0.6) is 0 Å². The summed E-state index contributed by atoms with van der Waals surface area (Å²) in [7, 11) is 0. The number of hydrogen-bond acceptors (Lipinski definition) is 4. The zero-order valence-electron chi connectivity index (χ0n) is 8.40. The van der Waals surface area contributed by atoms with E-state index in [4.69, 9.17) is 34.0 Å². The summed E-state index contributed by atoms with van der Waals surface area (Å²) in [5.74, 6) is 0. The van der Waals surface area contributed by atoms with E-state index in [1.165, 1.54) is 12.1 Å². The lowest BCUT2D eigenvalue weighted by molar-refractivity contribution is 0.00432. The number of halogens is 2. The standard InChI is InChI=1S/C10H13Cl2NO3/c11-6-3-5(13)4-7(12)9(6)10(16)8(15)1-2-14/h3-4,8,10,14-16H,1-2,13H2. The molecule has 0 saturated carbocycles. The highest BCUT2D eigenvalue weighted by Crippen LogP contribution is 2.34. The van der Waals surface area contributed by atoms with Gasteiger partial charge < -0.3 is 21.1 Å². The van der Waals surface area contributed by atoms with E-state index in [9.17, 15) is 10.2 Å². The van der Waals surface area contributed by atoms with Crippen molar-refractivity contribution < 1.29 is 15.3 Å². The molecule has 6 heteroatoms. The molecule has 0 amide bonds. The third kappa shape index (κ3) is 2.99. The number of aliphatic hydroxyl groups excluding tert-OH is 3. The Kier molecular flexibility index (Phi) is 4.83. The molecular formula is C10H13Cl2NO3. The Hall–Kier alpha value is -0.520. The second-order valence-corrected chi connectivity index (χ2v) is 4.24. The van der Waals surface area contributed by atoms with E-state index in [0.29, 0.717) is 5.69 Å². The SMILES string of the molecule is Nc1cc(Cl)c(C(O)C(O)CCO)c(Cl)c1. The highest BCUT2D eigenvalue weighted by Gasteiger charge is 2.23. The molecule has 90 valence electrons. The van der Waals surface area contributed by atoms with E-state index in [1.807, 2.05) is 0 Å². The van der Waals surface area contributed by atoms with Crippen molar-refractivity contribution in [1.82, 2.24) is 0 Å². The Morgan fingerprint density at radius 1 is 1.19 bits per heavy atom. The molecule has 1 aromatic carbocycles. The minimum Gasteiger partial charge on any atom is -0.399 e. The lowest BCUT2D eigenvalue weighted by atomic mass is 10.0. The molecule has 0 fully saturated rings. The van der Waals surface area contributed by atoms with Gasteiger partial charge in [-0.15, -0.1) is 0 Å². The second kappa shape index (κ2) is 5.70. The van der Waals surface area contributed by atoms with Crippen LogP contribution in [0.3, 0.4) is 0 Å². The highest BCUT2D eigenvalue weighted by molar-refractivity contribution is 6.36. The maximum absolute atomic E-state index is 9.80. The number of nitrogen functional groups attached to an aromatic ring is 1. The number of hydrogen-bond donors (Lipinski definition) is 4. The summed E-state index contributed by atoms with van der Waals surface area (Å²) in [6.07, 6.45) is -2.32. The van der Waals surface area contributed by atoms with Crippen molar-refractivity contribution >= 4 is 28.9 Å². The van der Waals surface area contributed by atoms with Crippen LogP contribution < -0.4 is 5.73 Å². The van der Waals surface area contributed by atoms with Gasteiger partial charge in [0.15, 0.2) is 0 Å². The summed E-state index contributed by atoms with van der Waals surface area (Å²) in [4.78, 5) is 0. The molecule has 0 aromatic heterocycles. The van der Waals surface area contributed by atoms with Gasteiger partial charge in [-0.2, -0.15) is 0 Å². The molecule has 0 radical (unpaired) electrons. The van der Waals surface area contributed by atoms with E-state index in [-0.39, 0.29) is 28.6 Å². The maximum Gasteiger partial charge on any atom is 0.108 e. The van der Waals surface area contributed by atoms with Gasteiger partial charge in [-0.1, -0.05) is 23.2 Å². The molecule has 2 atom stereocenters. The van der Waals surface area contributed by atoms with Crippen LogP contribution in [-0.2, 0) is 0 Å². The Morgan fingerprint density at radius 3 is 2.12 bits per heavy atom. The first-order chi connectivity index (χ1) is 7.47. The van der Waals surface area contributed by atoms with E-state index >= 15 is 0 Å². The first-order valence-electron chi connectivity index (χ1n) is 4.68. The number of nitrogens with two attached hydrogens (primary N) is 1. The molecule has 1 rings (SSSR count). The van der Waals surface area contributed by atoms with Gasteiger partial charge in [-0.25, -0.2) is 0 Å². The van der Waals surface area contributed by atoms with Gasteiger partial charge in [0.2, 0.25) is 0 Å². The third-order valence-electron chi connectivity index (χ3n) is 2.19. The largest absolute Gasteiger partial charge is 0.399 e. The zero-order chi connectivity index (χ0) is 12.3. The molecule has 4 nitrogen and oxygen atoms in total. The van der Waals surface area contributed by atoms with Crippen molar-refractivity contribution in [2.75, 3.05) is 12.3 Å². The molecule has 0 heterocycles. The van der Waals surface area contributed by atoms with Gasteiger partial charge in [0.05, 0.1) is 6.10 Å². The fourth-order valence-electron chi connectivity index (χ4n) is 1.37. The van der Waals surface area contributed by atoms with Crippen LogP contribution in [0.4, 0.5) is 5.69 Å². The summed E-state index contributed by atoms with van der Waals surface area (Å²) in [6, 6.07) is 2.88. The number of anilines is 1. The first kappa shape index (κ1) is 13.5. The summed E-state index contributed by atoms with van der Waals surface area (Å²) in [6.45, 7) is -0.234. The molecular weight excluding hydrogens is 253 g/mol. The minimum atomic E-state index is -1.24. The molecule has 0 spiro atoms. The van der Waals surface area contributed by atoms with E-state index in [1.54, 1.807) is 0 Å². The van der Waals surface area contributed by atoms with Gasteiger partial charge in [0.1, 0.15) is 6.10 Å². The van der Waals surface area contributed by atoms with Gasteiger partial charge in [0.25, 0.3) is 0 Å². The van der Waals surface area contributed by atoms with Gasteiger partial charge in [-0.05, 0) is 18.6 Å². The number of benzene rings is 1. The van der Waals surface area contributed by atoms with Crippen LogP contribution >= 0.6 is 23.2 Å². The summed E-state index contributed by atoms with van der Waals surface area (Å²) in [5, 5.41) is 28.4. The van der Waals surface area contributed by atoms with Crippen LogP contribution in [0.2, 0.25) is 10.0 Å². The Morgan fingerprint density at radius 2 is 1.69 bits per heavy atom. The van der Waals surface area contributed by atoms with Gasteiger partial charge in [0, 0.05) is 27.9 Å². The topological polar surface area (TPSA) is 86.7 Å². The van der Waals surface area contributed by atoms with E-state index in [2.05, 4.69) is 0 Å². The van der Waals surface area contributed by atoms with Crippen LogP contribution in [0.25, 0.3) is 0 Å². The average Bonchev–Trinajstić information content (AvgIpc) is 2.16. The van der Waals surface area contributed by atoms with Crippen molar-refractivity contribution in [2.45, 2.75) is 18.6 Å². The molecule has 5 N–H and O–H groups in total. The Labute approximate surface area is 103 Å². The van der Waals surface area contributed by atoms with Crippen LogP contribution in [0.15, 0.2) is 12.1 Å². The van der Waals surface area contributed by atoms with Crippen molar-refractivity contribution in [1.29, 1.82) is 0 Å². The van der Waals surface area contributed by atoms with Crippen molar-refractivity contribution in [3.05, 3.63) is 27.7 Å². The predicted molar refractivity (Wildman–Crippen MR) is 63.5 cm³/mol. The second-order valence-electron chi connectivity index (χ2n) is 3.42. The molecule has 2 unspecified atom stereocenters. The summed E-state index contributed by atoms with van der Waals surface area (Å²) in [5.41, 5.74) is 6.11. The number of aliphatic hydroxyl groups is 3. The molecule has 0 bridgehead atoms. The smallest absolute Gasteiger partial charge is 0.108 e. The Balaban J connectivity index is 3.03. The number of rotatable bonds is 4. The molecule has 0 saturated heterocycles. The van der Waals surface area contributed by atoms with Crippen molar-refractivity contribution in [3.8, 4) is 0 Å². The first-order valence-corrected chi connectivity index (χ1v) is 5.44. The zero-order valence-corrected chi connectivity index (χ0v) is 9.91. The van der Waals surface area contributed by atoms with Crippen LogP contribution in [0.1, 0.15) is 18.1 Å². The lowest BCUT2D eigenvalue weighted by Gasteiger charge is -2.19. The average molecular weight is 266 g/mol. The molecule has 0 aliphatic carbocycles. The normalized spacial score (nSPS) is 14.8. The molecule has 16 heavy (non-hydrogen) atoms. The highest BCUT2D eigenvalue weighted by atomic mass is 35.5. The third-order valence-corrected chi connectivity index (χ3v) is 2.81. The van der Waals surface area contributed by atoms with Crippen molar-refractivity contribution in [2.24, 2.45) is 0 Å². The minimum absolute atomic E-state index is 0.0399. The van der Waals surface area contributed by atoms with E-state index in [0.717, 1.165) is 0 Å².